The van der Waals surface area contributed by atoms with Crippen LogP contribution in [0.1, 0.15) is 10.4 Å². The van der Waals surface area contributed by atoms with Crippen LogP contribution in [-0.4, -0.2) is 6.29 Å². The Morgan fingerprint density at radius 1 is 1.21 bits per heavy atom. The lowest BCUT2D eigenvalue weighted by molar-refractivity contribution is 0.112. The van der Waals surface area contributed by atoms with Gasteiger partial charge in [0.1, 0.15) is 0 Å². The number of benzene rings is 2. The van der Waals surface area contributed by atoms with Gasteiger partial charge in [-0.1, -0.05) is 23.7 Å². The van der Waals surface area contributed by atoms with Crippen molar-refractivity contribution >= 4 is 44.6 Å². The molecule has 3 heteroatoms. The first-order chi connectivity index (χ1) is 6.72. The molecule has 70 valence electrons. The Morgan fingerprint density at radius 3 is 2.71 bits per heavy atom. The van der Waals surface area contributed by atoms with E-state index in [1.165, 1.54) is 0 Å². The van der Waals surface area contributed by atoms with Crippen molar-refractivity contribution in [2.24, 2.45) is 0 Å². The number of fused-ring (bicyclic) bond motifs is 1. The van der Waals surface area contributed by atoms with Crippen LogP contribution in [0.5, 0.6) is 0 Å². The van der Waals surface area contributed by atoms with Crippen molar-refractivity contribution in [3.8, 4) is 0 Å². The predicted octanol–water partition coefficient (Wildman–Crippen LogP) is 4.07. The Labute approximate surface area is 94.8 Å². The molecule has 0 unspecified atom stereocenters. The summed E-state index contributed by atoms with van der Waals surface area (Å²) in [4.78, 5) is 10.7. The van der Waals surface area contributed by atoms with Crippen LogP contribution in [0.4, 0.5) is 0 Å². The molecule has 0 atom stereocenters. The van der Waals surface area contributed by atoms with Gasteiger partial charge < -0.3 is 0 Å². The van der Waals surface area contributed by atoms with Crippen LogP contribution >= 0.6 is 27.5 Å². The highest BCUT2D eigenvalue weighted by molar-refractivity contribution is 9.10. The number of carbonyl (C=O) groups is 1. The highest BCUT2D eigenvalue weighted by atomic mass is 79.9. The smallest absolute Gasteiger partial charge is 0.151 e. The number of rotatable bonds is 1. The number of carbonyl (C=O) groups excluding carboxylic acids is 1. The Balaban J connectivity index is 2.83. The minimum atomic E-state index is 0.653. The average Bonchev–Trinajstić information content (AvgIpc) is 2.18. The first kappa shape index (κ1) is 9.69. The maximum absolute atomic E-state index is 10.7. The van der Waals surface area contributed by atoms with Crippen LogP contribution in [0.3, 0.4) is 0 Å². The Bertz CT molecular complexity index is 508. The Hall–Kier alpha value is -0.860. The van der Waals surface area contributed by atoms with Crippen LogP contribution < -0.4 is 0 Å². The topological polar surface area (TPSA) is 17.1 Å². The third kappa shape index (κ3) is 1.56. The van der Waals surface area contributed by atoms with Gasteiger partial charge in [0.25, 0.3) is 0 Å². The second-order valence-corrected chi connectivity index (χ2v) is 4.18. The molecule has 0 amide bonds. The number of hydrogen-bond acceptors (Lipinski definition) is 1. The van der Waals surface area contributed by atoms with Gasteiger partial charge in [0.15, 0.2) is 6.29 Å². The van der Waals surface area contributed by atoms with Gasteiger partial charge in [-0.05, 0) is 44.9 Å². The normalized spacial score (nSPS) is 10.4. The molecule has 0 spiro atoms. The number of halogens is 2. The molecule has 0 N–H and O–H groups in total. The molecular formula is C11H6BrClO. The van der Waals surface area contributed by atoms with E-state index in [2.05, 4.69) is 15.9 Å². The molecule has 0 aliphatic rings. The lowest BCUT2D eigenvalue weighted by atomic mass is 10.1. The summed E-state index contributed by atoms with van der Waals surface area (Å²) in [5.74, 6) is 0. The fourth-order valence-corrected chi connectivity index (χ4v) is 2.14. The molecule has 0 aromatic heterocycles. The summed E-state index contributed by atoms with van der Waals surface area (Å²) in [6.45, 7) is 0. The SMILES string of the molecule is O=Cc1ccc2cc(Cl)ccc2c1Br. The van der Waals surface area contributed by atoms with Gasteiger partial charge in [-0.15, -0.1) is 0 Å². The predicted molar refractivity (Wildman–Crippen MR) is 62.0 cm³/mol. The van der Waals surface area contributed by atoms with Crippen molar-refractivity contribution in [2.75, 3.05) is 0 Å². The van der Waals surface area contributed by atoms with Crippen molar-refractivity contribution in [1.82, 2.24) is 0 Å². The second-order valence-electron chi connectivity index (χ2n) is 2.95. The van der Waals surface area contributed by atoms with E-state index in [9.17, 15) is 4.79 Å². The quantitative estimate of drug-likeness (QED) is 0.713. The molecule has 2 rings (SSSR count). The van der Waals surface area contributed by atoms with Crippen LogP contribution in [0, 0.1) is 0 Å². The monoisotopic (exact) mass is 268 g/mol. The molecule has 1 nitrogen and oxygen atoms in total. The molecule has 0 aliphatic heterocycles. The summed E-state index contributed by atoms with van der Waals surface area (Å²) in [6.07, 6.45) is 0.831. The largest absolute Gasteiger partial charge is 0.298 e. The Kier molecular flexibility index (Phi) is 2.57. The molecule has 0 heterocycles. The van der Waals surface area contributed by atoms with Crippen molar-refractivity contribution in [2.45, 2.75) is 0 Å². The summed E-state index contributed by atoms with van der Waals surface area (Å²) in [6, 6.07) is 9.24. The van der Waals surface area contributed by atoms with E-state index >= 15 is 0 Å². The van der Waals surface area contributed by atoms with Gasteiger partial charge in [0, 0.05) is 15.1 Å². The maximum atomic E-state index is 10.7. The van der Waals surface area contributed by atoms with E-state index in [-0.39, 0.29) is 0 Å². The van der Waals surface area contributed by atoms with Crippen LogP contribution in [0.25, 0.3) is 10.8 Å². The standard InChI is InChI=1S/C11H6BrClO/c12-11-8(6-14)2-1-7-5-9(13)3-4-10(7)11/h1-6H. The lowest BCUT2D eigenvalue weighted by Crippen LogP contribution is -1.83. The van der Waals surface area contributed by atoms with Gasteiger partial charge in [0.05, 0.1) is 0 Å². The van der Waals surface area contributed by atoms with Gasteiger partial charge >= 0.3 is 0 Å². The van der Waals surface area contributed by atoms with Crippen LogP contribution in [0.2, 0.25) is 5.02 Å². The Morgan fingerprint density at radius 2 is 2.00 bits per heavy atom. The molecule has 2 aromatic rings. The summed E-state index contributed by atoms with van der Waals surface area (Å²) >= 11 is 9.25. The molecule has 0 saturated carbocycles. The first-order valence-corrected chi connectivity index (χ1v) is 5.22. The zero-order valence-electron chi connectivity index (χ0n) is 7.13. The molecular weight excluding hydrogens is 263 g/mol. The third-order valence-corrected chi connectivity index (χ3v) is 3.19. The van der Waals surface area contributed by atoms with E-state index in [1.807, 2.05) is 24.3 Å². The fourth-order valence-electron chi connectivity index (χ4n) is 1.37. The van der Waals surface area contributed by atoms with E-state index < -0.39 is 0 Å². The van der Waals surface area contributed by atoms with Crippen LogP contribution in [-0.2, 0) is 0 Å². The summed E-state index contributed by atoms with van der Waals surface area (Å²) in [5.41, 5.74) is 0.653. The molecule has 0 aliphatic carbocycles. The van der Waals surface area contributed by atoms with Gasteiger partial charge in [0.2, 0.25) is 0 Å². The molecule has 0 fully saturated rings. The number of hydrogen-bond donors (Lipinski definition) is 0. The van der Waals surface area contributed by atoms with E-state index in [0.717, 1.165) is 21.5 Å². The lowest BCUT2D eigenvalue weighted by Gasteiger charge is -2.03. The molecule has 0 bridgehead atoms. The molecule has 0 radical (unpaired) electrons. The first-order valence-electron chi connectivity index (χ1n) is 4.05. The summed E-state index contributed by atoms with van der Waals surface area (Å²) in [7, 11) is 0. The van der Waals surface area contributed by atoms with E-state index in [1.54, 1.807) is 6.07 Å². The van der Waals surface area contributed by atoms with E-state index in [0.29, 0.717) is 10.6 Å². The maximum Gasteiger partial charge on any atom is 0.151 e. The molecule has 0 saturated heterocycles. The second kappa shape index (κ2) is 3.71. The van der Waals surface area contributed by atoms with Gasteiger partial charge in [-0.25, -0.2) is 0 Å². The average molecular weight is 270 g/mol. The van der Waals surface area contributed by atoms with E-state index in [4.69, 9.17) is 11.6 Å². The summed E-state index contributed by atoms with van der Waals surface area (Å²) in [5, 5.41) is 2.72. The summed E-state index contributed by atoms with van der Waals surface area (Å²) < 4.78 is 0.821. The zero-order valence-corrected chi connectivity index (χ0v) is 9.47. The zero-order chi connectivity index (χ0) is 10.1. The molecule has 2 aromatic carbocycles. The molecule has 14 heavy (non-hydrogen) atoms. The highest BCUT2D eigenvalue weighted by Crippen LogP contribution is 2.28. The van der Waals surface area contributed by atoms with Gasteiger partial charge in [-0.3, -0.25) is 4.79 Å². The fraction of sp³-hybridized carbons (Fsp3) is 0. The minimum Gasteiger partial charge on any atom is -0.298 e. The number of aldehydes is 1. The van der Waals surface area contributed by atoms with Crippen molar-refractivity contribution in [3.05, 3.63) is 45.4 Å². The van der Waals surface area contributed by atoms with Crippen LogP contribution in [0.15, 0.2) is 34.8 Å². The van der Waals surface area contributed by atoms with Crippen molar-refractivity contribution in [1.29, 1.82) is 0 Å². The minimum absolute atomic E-state index is 0.653. The third-order valence-electron chi connectivity index (χ3n) is 2.07. The van der Waals surface area contributed by atoms with Gasteiger partial charge in [-0.2, -0.15) is 0 Å². The van der Waals surface area contributed by atoms with Crippen molar-refractivity contribution < 1.29 is 4.79 Å². The van der Waals surface area contributed by atoms with Crippen molar-refractivity contribution in [3.63, 3.8) is 0 Å². The highest BCUT2D eigenvalue weighted by Gasteiger charge is 2.03.